The number of aromatic nitrogens is 2. The average Bonchev–Trinajstić information content (AvgIpc) is 3.23. The normalized spacial score (nSPS) is 22.7. The Labute approximate surface area is 175 Å². The maximum absolute atomic E-state index is 12.7. The number of fused-ring (bicyclic) bond motifs is 1. The number of benzene rings is 1. The lowest BCUT2D eigenvalue weighted by atomic mass is 9.70. The second-order valence-corrected chi connectivity index (χ2v) is 10.0. The van der Waals surface area contributed by atoms with E-state index in [1.54, 1.807) is 16.4 Å². The third-order valence-electron chi connectivity index (χ3n) is 5.71. The van der Waals surface area contributed by atoms with Gasteiger partial charge in [-0.3, -0.25) is 9.59 Å². The van der Waals surface area contributed by atoms with Gasteiger partial charge < -0.3 is 10.6 Å². The van der Waals surface area contributed by atoms with Crippen LogP contribution in [0, 0.1) is 11.3 Å². The summed E-state index contributed by atoms with van der Waals surface area (Å²) in [7, 11) is 0. The van der Waals surface area contributed by atoms with Gasteiger partial charge in [-0.1, -0.05) is 39.0 Å². The van der Waals surface area contributed by atoms with E-state index >= 15 is 0 Å². The van der Waals surface area contributed by atoms with Crippen LogP contribution in [0.3, 0.4) is 0 Å². The summed E-state index contributed by atoms with van der Waals surface area (Å²) in [5, 5.41) is 10.5. The van der Waals surface area contributed by atoms with Crippen LogP contribution < -0.4 is 10.6 Å². The van der Waals surface area contributed by atoms with Crippen molar-refractivity contribution in [3.8, 4) is 5.69 Å². The molecule has 2 heterocycles. The maximum Gasteiger partial charge on any atom is 0.314 e. The first-order valence-corrected chi connectivity index (χ1v) is 11.3. The van der Waals surface area contributed by atoms with Gasteiger partial charge in [-0.25, -0.2) is 4.68 Å². The zero-order chi connectivity index (χ0) is 20.6. The molecule has 1 aromatic carbocycles. The van der Waals surface area contributed by atoms with E-state index in [0.29, 0.717) is 11.7 Å². The van der Waals surface area contributed by atoms with Gasteiger partial charge in [-0.2, -0.15) is 16.9 Å². The fourth-order valence-corrected chi connectivity index (χ4v) is 5.80. The van der Waals surface area contributed by atoms with Crippen LogP contribution in [0.4, 0.5) is 5.82 Å². The highest BCUT2D eigenvalue weighted by molar-refractivity contribution is 7.98. The predicted octanol–water partition coefficient (Wildman–Crippen LogP) is 3.89. The largest absolute Gasteiger partial charge is 0.345 e. The third-order valence-corrected chi connectivity index (χ3v) is 6.68. The van der Waals surface area contributed by atoms with Crippen LogP contribution in [-0.4, -0.2) is 27.6 Å². The molecule has 4 rings (SSSR count). The van der Waals surface area contributed by atoms with Gasteiger partial charge in [0.25, 0.3) is 0 Å². The van der Waals surface area contributed by atoms with Crippen molar-refractivity contribution in [3.05, 3.63) is 41.6 Å². The Hall–Kier alpha value is -2.28. The van der Waals surface area contributed by atoms with Gasteiger partial charge >= 0.3 is 11.8 Å². The van der Waals surface area contributed by atoms with Crippen LogP contribution >= 0.6 is 11.8 Å². The molecule has 1 fully saturated rings. The summed E-state index contributed by atoms with van der Waals surface area (Å²) in [6.45, 7) is 6.65. The topological polar surface area (TPSA) is 76.0 Å². The summed E-state index contributed by atoms with van der Waals surface area (Å²) in [5.74, 6) is 1.55. The zero-order valence-corrected chi connectivity index (χ0v) is 18.0. The predicted molar refractivity (Wildman–Crippen MR) is 116 cm³/mol. The van der Waals surface area contributed by atoms with Gasteiger partial charge in [0.15, 0.2) is 0 Å². The molecule has 6 nitrogen and oxygen atoms in total. The molecule has 7 heteroatoms. The number of para-hydroxylation sites is 1. The van der Waals surface area contributed by atoms with Crippen molar-refractivity contribution in [3.63, 3.8) is 0 Å². The first kappa shape index (κ1) is 20.0. The molecule has 154 valence electrons. The number of carbonyl (C=O) groups is 2. The van der Waals surface area contributed by atoms with Crippen LogP contribution in [0.1, 0.15) is 51.3 Å². The quantitative estimate of drug-likeness (QED) is 0.750. The molecule has 1 saturated carbocycles. The van der Waals surface area contributed by atoms with Crippen LogP contribution in [0.2, 0.25) is 0 Å². The highest BCUT2D eigenvalue weighted by atomic mass is 32.2. The molecule has 2 aliphatic rings. The van der Waals surface area contributed by atoms with E-state index in [4.69, 9.17) is 0 Å². The van der Waals surface area contributed by atoms with Gasteiger partial charge in [0, 0.05) is 23.1 Å². The number of amides is 2. The molecule has 1 aliphatic carbocycles. The van der Waals surface area contributed by atoms with Crippen molar-refractivity contribution in [2.24, 2.45) is 11.3 Å². The lowest BCUT2D eigenvalue weighted by molar-refractivity contribution is -0.137. The summed E-state index contributed by atoms with van der Waals surface area (Å²) < 4.78 is 1.74. The number of hydrogen-bond donors (Lipinski definition) is 2. The smallest absolute Gasteiger partial charge is 0.314 e. The van der Waals surface area contributed by atoms with Crippen LogP contribution in [-0.2, 0) is 21.1 Å². The second kappa shape index (κ2) is 7.86. The lowest BCUT2D eigenvalue weighted by Crippen LogP contribution is -2.46. The molecule has 2 atom stereocenters. The Bertz CT molecular complexity index is 922. The molecule has 1 aromatic heterocycles. The molecular weight excluding hydrogens is 384 g/mol. The molecule has 2 N–H and O–H groups in total. The molecule has 0 bridgehead atoms. The molecule has 0 unspecified atom stereocenters. The van der Waals surface area contributed by atoms with Crippen molar-refractivity contribution in [2.45, 2.75) is 57.6 Å². The van der Waals surface area contributed by atoms with Crippen LogP contribution in [0.15, 0.2) is 30.3 Å². The highest BCUT2D eigenvalue weighted by Gasteiger charge is 2.34. The summed E-state index contributed by atoms with van der Waals surface area (Å²) in [6.07, 6.45) is 2.95. The van der Waals surface area contributed by atoms with Crippen molar-refractivity contribution in [1.29, 1.82) is 0 Å². The molecule has 29 heavy (non-hydrogen) atoms. The Morgan fingerprint density at radius 2 is 1.90 bits per heavy atom. The average molecular weight is 413 g/mol. The van der Waals surface area contributed by atoms with Crippen LogP contribution in [0.5, 0.6) is 0 Å². The number of nitrogens with zero attached hydrogens (tertiary/aromatic N) is 2. The number of hydrogen-bond acceptors (Lipinski definition) is 4. The van der Waals surface area contributed by atoms with E-state index in [2.05, 4.69) is 36.5 Å². The zero-order valence-electron chi connectivity index (χ0n) is 17.2. The minimum absolute atomic E-state index is 0.0345. The Balaban J connectivity index is 1.51. The van der Waals surface area contributed by atoms with E-state index in [9.17, 15) is 9.59 Å². The van der Waals surface area contributed by atoms with Gasteiger partial charge in [0.2, 0.25) is 0 Å². The Morgan fingerprint density at radius 1 is 1.14 bits per heavy atom. The maximum atomic E-state index is 12.7. The molecular formula is C22H28N4O2S. The molecule has 2 amide bonds. The molecule has 0 spiro atoms. The number of rotatable bonds is 3. The second-order valence-electron chi connectivity index (χ2n) is 9.05. The molecule has 0 saturated heterocycles. The van der Waals surface area contributed by atoms with Gasteiger partial charge in [0.05, 0.1) is 11.4 Å². The van der Waals surface area contributed by atoms with Gasteiger partial charge in [-0.15, -0.1) is 0 Å². The monoisotopic (exact) mass is 412 g/mol. The van der Waals surface area contributed by atoms with E-state index in [1.807, 2.05) is 30.3 Å². The number of anilines is 1. The molecule has 2 aromatic rings. The van der Waals surface area contributed by atoms with Crippen LogP contribution in [0.25, 0.3) is 5.69 Å². The Kier molecular flexibility index (Phi) is 5.42. The molecule has 1 aliphatic heterocycles. The minimum atomic E-state index is -0.627. The first-order chi connectivity index (χ1) is 13.8. The fraction of sp³-hybridized carbons (Fsp3) is 0.500. The standard InChI is InChI=1S/C22H28N4O2S/c1-14-9-15(11-22(2,3)10-14)23-20(27)21(28)24-19-17-12-29-13-18(17)25-26(19)16-7-5-4-6-8-16/h4-8,14-15H,9-13H2,1-3H3,(H,23,27)(H,24,28)/t14-,15-/m1/s1. The lowest BCUT2D eigenvalue weighted by Gasteiger charge is -2.39. The van der Waals surface area contributed by atoms with Crippen molar-refractivity contribution >= 4 is 29.4 Å². The number of thioether (sulfide) groups is 1. The summed E-state index contributed by atoms with van der Waals surface area (Å²) >= 11 is 1.76. The van der Waals surface area contributed by atoms with E-state index in [-0.39, 0.29) is 11.5 Å². The van der Waals surface area contributed by atoms with Crippen molar-refractivity contribution < 1.29 is 9.59 Å². The first-order valence-electron chi connectivity index (χ1n) is 10.2. The fourth-order valence-electron chi connectivity index (χ4n) is 4.77. The third kappa shape index (κ3) is 4.34. The van der Waals surface area contributed by atoms with Crippen molar-refractivity contribution in [1.82, 2.24) is 15.1 Å². The highest BCUT2D eigenvalue weighted by Crippen LogP contribution is 2.38. The molecule has 0 radical (unpaired) electrons. The van der Waals surface area contributed by atoms with E-state index in [1.165, 1.54) is 0 Å². The van der Waals surface area contributed by atoms with Gasteiger partial charge in [-0.05, 0) is 42.7 Å². The summed E-state index contributed by atoms with van der Waals surface area (Å²) in [5.41, 5.74) is 3.02. The van der Waals surface area contributed by atoms with E-state index in [0.717, 1.165) is 47.7 Å². The number of nitrogens with one attached hydrogen (secondary N) is 2. The minimum Gasteiger partial charge on any atom is -0.345 e. The summed E-state index contributed by atoms with van der Waals surface area (Å²) in [6, 6.07) is 9.72. The van der Waals surface area contributed by atoms with Gasteiger partial charge in [0.1, 0.15) is 5.82 Å². The SMILES string of the molecule is C[C@@H]1C[C@@H](NC(=O)C(=O)Nc2c3c(nn2-c2ccccc2)CSC3)CC(C)(C)C1. The summed E-state index contributed by atoms with van der Waals surface area (Å²) in [4.78, 5) is 25.4. The Morgan fingerprint density at radius 3 is 2.62 bits per heavy atom. The van der Waals surface area contributed by atoms with E-state index < -0.39 is 11.8 Å². The van der Waals surface area contributed by atoms with Crippen molar-refractivity contribution in [2.75, 3.05) is 5.32 Å². The number of carbonyl (C=O) groups excluding carboxylic acids is 2.